The summed E-state index contributed by atoms with van der Waals surface area (Å²) in [5.41, 5.74) is 2.33. The number of carbonyl (C=O) groups excluding carboxylic acids is 1. The molecule has 0 fully saturated rings. The summed E-state index contributed by atoms with van der Waals surface area (Å²) < 4.78 is 13.0. The predicted molar refractivity (Wildman–Crippen MR) is 107 cm³/mol. The zero-order valence-corrected chi connectivity index (χ0v) is 15.6. The van der Waals surface area contributed by atoms with E-state index >= 15 is 0 Å². The number of anilines is 1. The normalized spacial score (nSPS) is 10.5. The van der Waals surface area contributed by atoms with Crippen LogP contribution < -0.4 is 5.32 Å². The molecule has 3 rings (SSSR count). The van der Waals surface area contributed by atoms with Gasteiger partial charge in [-0.1, -0.05) is 18.2 Å². The first kappa shape index (κ1) is 18.4. The third-order valence-corrected chi connectivity index (χ3v) is 5.51. The second kappa shape index (κ2) is 8.78. The Bertz CT molecular complexity index is 906. The van der Waals surface area contributed by atoms with E-state index in [4.69, 9.17) is 0 Å². The van der Waals surface area contributed by atoms with Gasteiger partial charge >= 0.3 is 0 Å². The minimum absolute atomic E-state index is 0.118. The lowest BCUT2D eigenvalue weighted by atomic mass is 10.2. The second-order valence-electron chi connectivity index (χ2n) is 5.47. The number of thioether (sulfide) groups is 1. The summed E-state index contributed by atoms with van der Waals surface area (Å²) in [4.78, 5) is 17.9. The number of nitrogens with zero attached hydrogens (tertiary/aromatic N) is 1. The van der Waals surface area contributed by atoms with E-state index in [0.717, 1.165) is 26.9 Å². The minimum Gasteiger partial charge on any atom is -0.325 e. The zero-order chi connectivity index (χ0) is 18.4. The molecule has 0 bridgehead atoms. The molecular formula is C20H17FN2OS2. The van der Waals surface area contributed by atoms with Gasteiger partial charge in [0.05, 0.1) is 17.8 Å². The van der Waals surface area contributed by atoms with Gasteiger partial charge in [0.1, 0.15) is 10.8 Å². The molecule has 0 radical (unpaired) electrons. The molecule has 132 valence electrons. The lowest BCUT2D eigenvalue weighted by Crippen LogP contribution is -2.15. The van der Waals surface area contributed by atoms with E-state index < -0.39 is 0 Å². The number of para-hydroxylation sites is 1. The van der Waals surface area contributed by atoms with Gasteiger partial charge < -0.3 is 5.32 Å². The summed E-state index contributed by atoms with van der Waals surface area (Å²) in [5.74, 6) is 0.380. The molecule has 6 heteroatoms. The fraction of sp³-hybridized carbons (Fsp3) is 0.100. The van der Waals surface area contributed by atoms with Crippen LogP contribution in [0, 0.1) is 5.82 Å². The molecule has 26 heavy (non-hydrogen) atoms. The number of amides is 1. The molecule has 1 heterocycles. The topological polar surface area (TPSA) is 42.0 Å². The van der Waals surface area contributed by atoms with Gasteiger partial charge in [-0.15, -0.1) is 29.7 Å². The van der Waals surface area contributed by atoms with E-state index in [1.807, 2.05) is 35.7 Å². The van der Waals surface area contributed by atoms with Crippen molar-refractivity contribution in [2.75, 3.05) is 11.1 Å². The SMILES string of the molecule is C=CCSc1ccccc1NC(=O)Cc1csc(-c2ccc(F)cc2)n1. The van der Waals surface area contributed by atoms with E-state index in [9.17, 15) is 9.18 Å². The van der Waals surface area contributed by atoms with Crippen LogP contribution in [0.15, 0.2) is 71.5 Å². The van der Waals surface area contributed by atoms with Crippen molar-refractivity contribution in [1.29, 1.82) is 0 Å². The monoisotopic (exact) mass is 384 g/mol. The average molecular weight is 385 g/mol. The van der Waals surface area contributed by atoms with Crippen LogP contribution in [0.1, 0.15) is 5.69 Å². The highest BCUT2D eigenvalue weighted by atomic mass is 32.2. The molecule has 1 N–H and O–H groups in total. The van der Waals surface area contributed by atoms with Crippen LogP contribution in [0.25, 0.3) is 10.6 Å². The molecule has 2 aromatic carbocycles. The Morgan fingerprint density at radius 1 is 1.23 bits per heavy atom. The van der Waals surface area contributed by atoms with Crippen LogP contribution in [-0.4, -0.2) is 16.6 Å². The molecule has 0 aliphatic rings. The number of carbonyl (C=O) groups is 1. The summed E-state index contributed by atoms with van der Waals surface area (Å²) >= 11 is 3.06. The smallest absolute Gasteiger partial charge is 0.230 e. The Kier molecular flexibility index (Phi) is 6.20. The summed E-state index contributed by atoms with van der Waals surface area (Å²) in [6, 6.07) is 13.9. The molecule has 0 aliphatic carbocycles. The molecular weight excluding hydrogens is 367 g/mol. The van der Waals surface area contributed by atoms with Crippen LogP contribution >= 0.6 is 23.1 Å². The van der Waals surface area contributed by atoms with E-state index in [2.05, 4.69) is 16.9 Å². The fourth-order valence-electron chi connectivity index (χ4n) is 2.32. The molecule has 1 aromatic heterocycles. The number of thiazole rings is 1. The van der Waals surface area contributed by atoms with Gasteiger partial charge in [0.2, 0.25) is 5.91 Å². The molecule has 3 nitrogen and oxygen atoms in total. The Labute approximate surface area is 160 Å². The Hall–Kier alpha value is -2.44. The minimum atomic E-state index is -0.280. The number of halogens is 1. The average Bonchev–Trinajstić information content (AvgIpc) is 3.10. The predicted octanol–water partition coefficient (Wildman–Crippen LogP) is 5.41. The van der Waals surface area contributed by atoms with Gasteiger partial charge in [-0.3, -0.25) is 4.79 Å². The largest absolute Gasteiger partial charge is 0.325 e. The molecule has 0 atom stereocenters. The Balaban J connectivity index is 1.66. The van der Waals surface area contributed by atoms with Crippen LogP contribution in [0.5, 0.6) is 0 Å². The third-order valence-electron chi connectivity index (χ3n) is 3.50. The number of hydrogen-bond acceptors (Lipinski definition) is 4. The van der Waals surface area contributed by atoms with E-state index in [-0.39, 0.29) is 18.1 Å². The summed E-state index contributed by atoms with van der Waals surface area (Å²) in [6.07, 6.45) is 2.02. The molecule has 0 unspecified atom stereocenters. The van der Waals surface area contributed by atoms with Crippen molar-refractivity contribution in [2.45, 2.75) is 11.3 Å². The van der Waals surface area contributed by atoms with Crippen molar-refractivity contribution < 1.29 is 9.18 Å². The third kappa shape index (κ3) is 4.80. The quantitative estimate of drug-likeness (QED) is 0.437. The van der Waals surface area contributed by atoms with Crippen molar-refractivity contribution in [3.8, 4) is 10.6 Å². The van der Waals surface area contributed by atoms with Crippen LogP contribution in [-0.2, 0) is 11.2 Å². The highest BCUT2D eigenvalue weighted by Gasteiger charge is 2.11. The van der Waals surface area contributed by atoms with Crippen molar-refractivity contribution >= 4 is 34.7 Å². The van der Waals surface area contributed by atoms with E-state index in [0.29, 0.717) is 5.69 Å². The van der Waals surface area contributed by atoms with Crippen LogP contribution in [0.4, 0.5) is 10.1 Å². The lowest BCUT2D eigenvalue weighted by molar-refractivity contribution is -0.115. The van der Waals surface area contributed by atoms with Gasteiger partial charge in [-0.05, 0) is 36.4 Å². The first-order valence-corrected chi connectivity index (χ1v) is 9.85. The molecule has 1 amide bonds. The Morgan fingerprint density at radius 3 is 2.77 bits per heavy atom. The van der Waals surface area contributed by atoms with Crippen LogP contribution in [0.2, 0.25) is 0 Å². The van der Waals surface area contributed by atoms with Gasteiger partial charge in [0, 0.05) is 21.6 Å². The molecule has 0 saturated heterocycles. The number of aromatic nitrogens is 1. The number of benzene rings is 2. The highest BCUT2D eigenvalue weighted by Crippen LogP contribution is 2.27. The number of rotatable bonds is 7. The number of hydrogen-bond donors (Lipinski definition) is 1. The molecule has 0 spiro atoms. The first-order chi connectivity index (χ1) is 12.7. The molecule has 0 saturated carbocycles. The van der Waals surface area contributed by atoms with Gasteiger partial charge in [-0.25, -0.2) is 9.37 Å². The first-order valence-electron chi connectivity index (χ1n) is 7.98. The Morgan fingerprint density at radius 2 is 2.00 bits per heavy atom. The van der Waals surface area contributed by atoms with Crippen molar-refractivity contribution in [3.63, 3.8) is 0 Å². The summed E-state index contributed by atoms with van der Waals surface area (Å²) in [7, 11) is 0. The van der Waals surface area contributed by atoms with E-state index in [1.54, 1.807) is 23.9 Å². The van der Waals surface area contributed by atoms with Crippen molar-refractivity contribution in [2.24, 2.45) is 0 Å². The summed E-state index contributed by atoms with van der Waals surface area (Å²) in [6.45, 7) is 3.72. The van der Waals surface area contributed by atoms with Gasteiger partial charge in [0.25, 0.3) is 0 Å². The maximum Gasteiger partial charge on any atom is 0.230 e. The highest BCUT2D eigenvalue weighted by molar-refractivity contribution is 7.99. The van der Waals surface area contributed by atoms with Gasteiger partial charge in [-0.2, -0.15) is 0 Å². The maximum atomic E-state index is 13.0. The zero-order valence-electron chi connectivity index (χ0n) is 13.9. The van der Waals surface area contributed by atoms with Crippen molar-refractivity contribution in [1.82, 2.24) is 4.98 Å². The van der Waals surface area contributed by atoms with Gasteiger partial charge in [0.15, 0.2) is 0 Å². The lowest BCUT2D eigenvalue weighted by Gasteiger charge is -2.09. The maximum absolute atomic E-state index is 13.0. The van der Waals surface area contributed by atoms with Crippen molar-refractivity contribution in [3.05, 3.63) is 78.1 Å². The number of nitrogens with one attached hydrogen (secondary N) is 1. The fourth-order valence-corrected chi connectivity index (χ4v) is 3.89. The van der Waals surface area contributed by atoms with Crippen LogP contribution in [0.3, 0.4) is 0 Å². The standard InChI is InChI=1S/C20H17FN2OS2/c1-2-11-25-18-6-4-3-5-17(18)23-19(24)12-16-13-26-20(22-16)14-7-9-15(21)10-8-14/h2-10,13H,1,11-12H2,(H,23,24). The molecule has 0 aliphatic heterocycles. The summed E-state index contributed by atoms with van der Waals surface area (Å²) in [5, 5.41) is 5.58. The molecule has 3 aromatic rings. The second-order valence-corrected chi connectivity index (χ2v) is 7.39. The van der Waals surface area contributed by atoms with E-state index in [1.165, 1.54) is 23.5 Å².